The molecule has 0 spiro atoms. The lowest BCUT2D eigenvalue weighted by atomic mass is 9.91. The number of piperidine rings is 1. The van der Waals surface area contributed by atoms with Crippen LogP contribution in [0.25, 0.3) is 0 Å². The van der Waals surface area contributed by atoms with Gasteiger partial charge in [-0.05, 0) is 36.0 Å². The number of rotatable bonds is 2. The quantitative estimate of drug-likeness (QED) is 0.834. The molecule has 1 atom stereocenters. The Hall–Kier alpha value is -2.35. The van der Waals surface area contributed by atoms with Gasteiger partial charge in [-0.25, -0.2) is 0 Å². The highest BCUT2D eigenvalue weighted by Crippen LogP contribution is 2.26. The second-order valence-corrected chi connectivity index (χ2v) is 6.70. The monoisotopic (exact) mass is 325 g/mol. The van der Waals surface area contributed by atoms with E-state index >= 15 is 0 Å². The second kappa shape index (κ2) is 7.04. The highest BCUT2D eigenvalue weighted by molar-refractivity contribution is 5.81. The minimum atomic E-state index is -0.0773. The van der Waals surface area contributed by atoms with Crippen LogP contribution >= 0.6 is 0 Å². The van der Waals surface area contributed by atoms with Crippen molar-refractivity contribution in [2.45, 2.75) is 39.2 Å². The SMILES string of the molecule is CC(=O)N1CCCC(C(=O)N2CCc3c(CC#N)cccc3C2)C1. The zero-order chi connectivity index (χ0) is 17.1. The summed E-state index contributed by atoms with van der Waals surface area (Å²) in [6, 6.07) is 8.25. The predicted octanol–water partition coefficient (Wildman–Crippen LogP) is 1.90. The molecule has 2 aliphatic rings. The normalized spacial score (nSPS) is 20.2. The molecule has 0 aliphatic carbocycles. The van der Waals surface area contributed by atoms with Crippen molar-refractivity contribution >= 4 is 11.8 Å². The molecule has 5 heteroatoms. The van der Waals surface area contributed by atoms with Gasteiger partial charge in [-0.15, -0.1) is 0 Å². The number of likely N-dealkylation sites (tertiary alicyclic amines) is 1. The molecule has 0 radical (unpaired) electrons. The van der Waals surface area contributed by atoms with Gasteiger partial charge in [0.15, 0.2) is 0 Å². The van der Waals surface area contributed by atoms with Gasteiger partial charge in [-0.3, -0.25) is 9.59 Å². The molecule has 126 valence electrons. The van der Waals surface area contributed by atoms with E-state index in [0.29, 0.717) is 26.1 Å². The Morgan fingerprint density at radius 2 is 2.12 bits per heavy atom. The lowest BCUT2D eigenvalue weighted by Crippen LogP contribution is -2.47. The van der Waals surface area contributed by atoms with E-state index in [1.54, 1.807) is 11.8 Å². The second-order valence-electron chi connectivity index (χ2n) is 6.70. The number of benzene rings is 1. The van der Waals surface area contributed by atoms with Crippen molar-refractivity contribution in [3.8, 4) is 6.07 Å². The maximum atomic E-state index is 12.9. The van der Waals surface area contributed by atoms with E-state index in [1.165, 1.54) is 5.56 Å². The first kappa shape index (κ1) is 16.5. The summed E-state index contributed by atoms with van der Waals surface area (Å²) >= 11 is 0. The number of amides is 2. The number of hydrogen-bond acceptors (Lipinski definition) is 3. The van der Waals surface area contributed by atoms with Gasteiger partial charge in [0.1, 0.15) is 0 Å². The maximum Gasteiger partial charge on any atom is 0.227 e. The van der Waals surface area contributed by atoms with E-state index in [2.05, 4.69) is 12.1 Å². The molecule has 5 nitrogen and oxygen atoms in total. The van der Waals surface area contributed by atoms with Gasteiger partial charge < -0.3 is 9.80 Å². The molecule has 0 bridgehead atoms. The Kier molecular flexibility index (Phi) is 4.84. The molecule has 1 aromatic carbocycles. The van der Waals surface area contributed by atoms with Crippen LogP contribution in [-0.2, 0) is 29.0 Å². The summed E-state index contributed by atoms with van der Waals surface area (Å²) in [5.74, 6) is 0.140. The fourth-order valence-corrected chi connectivity index (χ4v) is 3.85. The number of nitriles is 1. The lowest BCUT2D eigenvalue weighted by Gasteiger charge is -2.36. The Morgan fingerprint density at radius 3 is 2.88 bits per heavy atom. The average molecular weight is 325 g/mol. The molecule has 1 aromatic rings. The van der Waals surface area contributed by atoms with Crippen molar-refractivity contribution in [1.29, 1.82) is 5.26 Å². The van der Waals surface area contributed by atoms with Crippen molar-refractivity contribution in [2.24, 2.45) is 5.92 Å². The molecule has 2 aliphatic heterocycles. The van der Waals surface area contributed by atoms with Gasteiger partial charge in [-0.1, -0.05) is 18.2 Å². The van der Waals surface area contributed by atoms with Crippen LogP contribution in [0.5, 0.6) is 0 Å². The fraction of sp³-hybridized carbons (Fsp3) is 0.526. The van der Waals surface area contributed by atoms with E-state index in [1.807, 2.05) is 17.0 Å². The van der Waals surface area contributed by atoms with Gasteiger partial charge in [0.2, 0.25) is 11.8 Å². The number of carbonyl (C=O) groups excluding carboxylic acids is 2. The summed E-state index contributed by atoms with van der Waals surface area (Å²) in [5, 5.41) is 8.95. The molecular weight excluding hydrogens is 302 g/mol. The van der Waals surface area contributed by atoms with E-state index in [9.17, 15) is 9.59 Å². The third-order valence-electron chi connectivity index (χ3n) is 5.16. The van der Waals surface area contributed by atoms with Gasteiger partial charge in [-0.2, -0.15) is 5.26 Å². The first-order chi connectivity index (χ1) is 11.6. The number of hydrogen-bond donors (Lipinski definition) is 0. The molecular formula is C19H23N3O2. The van der Waals surface area contributed by atoms with E-state index in [4.69, 9.17) is 5.26 Å². The van der Waals surface area contributed by atoms with Gasteiger partial charge >= 0.3 is 0 Å². The summed E-state index contributed by atoms with van der Waals surface area (Å²) in [6.45, 7) is 4.20. The molecule has 1 unspecified atom stereocenters. The van der Waals surface area contributed by atoms with Crippen LogP contribution in [0.1, 0.15) is 36.5 Å². The number of fused-ring (bicyclic) bond motifs is 1. The molecule has 1 saturated heterocycles. The zero-order valence-corrected chi connectivity index (χ0v) is 14.1. The first-order valence-electron chi connectivity index (χ1n) is 8.61. The summed E-state index contributed by atoms with van der Waals surface area (Å²) in [7, 11) is 0. The van der Waals surface area contributed by atoms with Crippen LogP contribution in [0, 0.1) is 17.2 Å². The molecule has 1 fully saturated rings. The average Bonchev–Trinajstić information content (AvgIpc) is 2.61. The minimum absolute atomic E-state index is 0.0534. The summed E-state index contributed by atoms with van der Waals surface area (Å²) in [5.41, 5.74) is 3.47. The first-order valence-corrected chi connectivity index (χ1v) is 8.61. The minimum Gasteiger partial charge on any atom is -0.342 e. The van der Waals surface area contributed by atoms with Crippen molar-refractivity contribution in [1.82, 2.24) is 9.80 Å². The van der Waals surface area contributed by atoms with Crippen LogP contribution in [0.2, 0.25) is 0 Å². The van der Waals surface area contributed by atoms with Gasteiger partial charge in [0.05, 0.1) is 18.4 Å². The number of nitrogens with zero attached hydrogens (tertiary/aromatic N) is 3. The number of carbonyl (C=O) groups is 2. The van der Waals surface area contributed by atoms with Crippen LogP contribution in [0.15, 0.2) is 18.2 Å². The lowest BCUT2D eigenvalue weighted by molar-refractivity contribution is -0.140. The third kappa shape index (κ3) is 3.28. The molecule has 0 aromatic heterocycles. The van der Waals surface area contributed by atoms with Crippen molar-refractivity contribution in [3.05, 3.63) is 34.9 Å². The van der Waals surface area contributed by atoms with Crippen LogP contribution in [0.4, 0.5) is 0 Å². The Balaban J connectivity index is 1.71. The molecule has 24 heavy (non-hydrogen) atoms. The topological polar surface area (TPSA) is 64.4 Å². The molecule has 0 N–H and O–H groups in total. The standard InChI is InChI=1S/C19H23N3O2/c1-14(23)21-10-3-6-17(13-21)19(24)22-11-8-18-15(7-9-20)4-2-5-16(18)12-22/h2,4-5,17H,3,6-8,10-13H2,1H3. The summed E-state index contributed by atoms with van der Waals surface area (Å²) < 4.78 is 0. The van der Waals surface area contributed by atoms with Crippen LogP contribution < -0.4 is 0 Å². The Morgan fingerprint density at radius 1 is 1.29 bits per heavy atom. The molecule has 0 saturated carbocycles. The van der Waals surface area contributed by atoms with Crippen molar-refractivity contribution in [3.63, 3.8) is 0 Å². The van der Waals surface area contributed by atoms with Crippen molar-refractivity contribution in [2.75, 3.05) is 19.6 Å². The van der Waals surface area contributed by atoms with Gasteiger partial charge in [0.25, 0.3) is 0 Å². The van der Waals surface area contributed by atoms with E-state index < -0.39 is 0 Å². The summed E-state index contributed by atoms with van der Waals surface area (Å²) in [6.07, 6.45) is 2.99. The van der Waals surface area contributed by atoms with Gasteiger partial charge in [0, 0.05) is 33.1 Å². The predicted molar refractivity (Wildman–Crippen MR) is 89.9 cm³/mol. The van der Waals surface area contributed by atoms with Crippen molar-refractivity contribution < 1.29 is 9.59 Å². The smallest absolute Gasteiger partial charge is 0.227 e. The largest absolute Gasteiger partial charge is 0.342 e. The Bertz CT molecular complexity index is 692. The van der Waals surface area contributed by atoms with Crippen LogP contribution in [-0.4, -0.2) is 41.2 Å². The Labute approximate surface area is 142 Å². The van der Waals surface area contributed by atoms with Crippen LogP contribution in [0.3, 0.4) is 0 Å². The fourth-order valence-electron chi connectivity index (χ4n) is 3.85. The maximum absolute atomic E-state index is 12.9. The third-order valence-corrected chi connectivity index (χ3v) is 5.16. The zero-order valence-electron chi connectivity index (χ0n) is 14.1. The molecule has 2 heterocycles. The van der Waals surface area contributed by atoms with E-state index in [0.717, 1.165) is 36.9 Å². The molecule has 2 amide bonds. The summed E-state index contributed by atoms with van der Waals surface area (Å²) in [4.78, 5) is 28.2. The van der Waals surface area contributed by atoms with E-state index in [-0.39, 0.29) is 17.7 Å². The molecule has 3 rings (SSSR count). The highest BCUT2D eigenvalue weighted by Gasteiger charge is 2.32. The highest BCUT2D eigenvalue weighted by atomic mass is 16.2.